The molecule has 3 aliphatic rings. The highest BCUT2D eigenvalue weighted by Crippen LogP contribution is 2.57. The number of fused-ring (bicyclic) bond motifs is 5. The molecule has 4 atom stereocenters. The van der Waals surface area contributed by atoms with Gasteiger partial charge >= 0.3 is 5.97 Å². The zero-order chi connectivity index (χ0) is 22.6. The van der Waals surface area contributed by atoms with Gasteiger partial charge in [0.1, 0.15) is 23.6 Å². The van der Waals surface area contributed by atoms with Gasteiger partial charge in [0.05, 0.1) is 38.0 Å². The molecule has 2 saturated heterocycles. The number of hydrogen-bond donors (Lipinski definition) is 0. The molecule has 2 aromatic rings. The SMILES string of the molecule is CCOC(=O)C1C2COc3ccc(Br)cc3C2N2C(=O)CN(Cc3ccco3)C(=O)[C@@]12C. The van der Waals surface area contributed by atoms with Crippen molar-refractivity contribution in [3.05, 3.63) is 52.4 Å². The first-order valence-corrected chi connectivity index (χ1v) is 11.4. The van der Waals surface area contributed by atoms with E-state index in [9.17, 15) is 14.4 Å². The van der Waals surface area contributed by atoms with Gasteiger partial charge in [-0.25, -0.2) is 0 Å². The van der Waals surface area contributed by atoms with Crippen molar-refractivity contribution in [2.45, 2.75) is 32.0 Å². The summed E-state index contributed by atoms with van der Waals surface area (Å²) in [7, 11) is 0. The van der Waals surface area contributed by atoms with Crippen molar-refractivity contribution in [1.29, 1.82) is 0 Å². The average Bonchev–Trinajstić information content (AvgIpc) is 3.36. The first-order chi connectivity index (χ1) is 15.4. The highest BCUT2D eigenvalue weighted by atomic mass is 79.9. The molecule has 32 heavy (non-hydrogen) atoms. The zero-order valence-corrected chi connectivity index (χ0v) is 19.3. The van der Waals surface area contributed by atoms with E-state index in [-0.39, 0.29) is 38.1 Å². The van der Waals surface area contributed by atoms with Gasteiger partial charge < -0.3 is 23.7 Å². The number of halogens is 1. The predicted molar refractivity (Wildman–Crippen MR) is 115 cm³/mol. The van der Waals surface area contributed by atoms with Gasteiger partial charge in [-0.15, -0.1) is 0 Å². The number of esters is 1. The van der Waals surface area contributed by atoms with Crippen molar-refractivity contribution in [3.8, 4) is 5.75 Å². The van der Waals surface area contributed by atoms with Crippen LogP contribution in [0.3, 0.4) is 0 Å². The van der Waals surface area contributed by atoms with Crippen LogP contribution in [-0.4, -0.2) is 52.9 Å². The summed E-state index contributed by atoms with van der Waals surface area (Å²) < 4.78 is 17.6. The van der Waals surface area contributed by atoms with Crippen molar-refractivity contribution in [1.82, 2.24) is 9.80 Å². The Hall–Kier alpha value is -2.81. The molecule has 2 fully saturated rings. The number of hydrogen-bond acceptors (Lipinski definition) is 6. The normalized spacial score (nSPS) is 28.7. The fraction of sp³-hybridized carbons (Fsp3) is 0.435. The van der Waals surface area contributed by atoms with Gasteiger partial charge in [0, 0.05) is 16.0 Å². The first-order valence-electron chi connectivity index (χ1n) is 10.6. The molecule has 9 heteroatoms. The Balaban J connectivity index is 1.62. The molecule has 5 rings (SSSR count). The first kappa shape index (κ1) is 21.1. The minimum atomic E-state index is -1.39. The van der Waals surface area contributed by atoms with Crippen LogP contribution in [0.2, 0.25) is 0 Å². The molecular formula is C23H23BrN2O6. The molecule has 8 nitrogen and oxygen atoms in total. The summed E-state index contributed by atoms with van der Waals surface area (Å²) >= 11 is 3.49. The fourth-order valence-electron chi connectivity index (χ4n) is 5.49. The van der Waals surface area contributed by atoms with Crippen LogP contribution in [0.25, 0.3) is 0 Å². The molecule has 0 spiro atoms. The van der Waals surface area contributed by atoms with Gasteiger partial charge in [0.2, 0.25) is 11.8 Å². The maximum Gasteiger partial charge on any atom is 0.312 e. The Labute approximate surface area is 193 Å². The summed E-state index contributed by atoms with van der Waals surface area (Å²) in [5.41, 5.74) is -0.606. The lowest BCUT2D eigenvalue weighted by Crippen LogP contribution is -2.67. The van der Waals surface area contributed by atoms with Gasteiger partial charge in [0.15, 0.2) is 0 Å². The number of piperazine rings is 1. The van der Waals surface area contributed by atoms with Crippen LogP contribution in [-0.2, 0) is 25.7 Å². The number of ether oxygens (including phenoxy) is 2. The van der Waals surface area contributed by atoms with Crippen molar-refractivity contribution < 1.29 is 28.3 Å². The molecule has 0 radical (unpaired) electrons. The third-order valence-corrected chi connectivity index (χ3v) is 7.22. The number of carbonyl (C=O) groups excluding carboxylic acids is 3. The largest absolute Gasteiger partial charge is 0.493 e. The van der Waals surface area contributed by atoms with Crippen molar-refractivity contribution in [2.24, 2.45) is 11.8 Å². The fourth-order valence-corrected chi connectivity index (χ4v) is 5.87. The van der Waals surface area contributed by atoms with E-state index >= 15 is 0 Å². The molecule has 3 unspecified atom stereocenters. The molecule has 0 bridgehead atoms. The van der Waals surface area contributed by atoms with E-state index in [1.807, 2.05) is 18.2 Å². The van der Waals surface area contributed by atoms with Crippen LogP contribution < -0.4 is 4.74 Å². The van der Waals surface area contributed by atoms with Gasteiger partial charge in [-0.2, -0.15) is 0 Å². The second-order valence-electron chi connectivity index (χ2n) is 8.48. The summed E-state index contributed by atoms with van der Waals surface area (Å²) in [6.07, 6.45) is 1.53. The maximum absolute atomic E-state index is 13.9. The van der Waals surface area contributed by atoms with E-state index in [0.29, 0.717) is 11.5 Å². The Morgan fingerprint density at radius 3 is 2.84 bits per heavy atom. The molecule has 0 aliphatic carbocycles. The summed E-state index contributed by atoms with van der Waals surface area (Å²) in [5, 5.41) is 0. The van der Waals surface area contributed by atoms with Gasteiger partial charge in [-0.3, -0.25) is 14.4 Å². The van der Waals surface area contributed by atoms with Crippen LogP contribution in [0.15, 0.2) is 45.5 Å². The minimum Gasteiger partial charge on any atom is -0.493 e. The molecule has 0 saturated carbocycles. The van der Waals surface area contributed by atoms with E-state index < -0.39 is 29.4 Å². The van der Waals surface area contributed by atoms with E-state index in [0.717, 1.165) is 10.0 Å². The molecule has 3 aliphatic heterocycles. The number of benzene rings is 1. The second-order valence-corrected chi connectivity index (χ2v) is 9.40. The summed E-state index contributed by atoms with van der Waals surface area (Å²) in [5.74, 6) is -1.03. The Morgan fingerprint density at radius 2 is 2.12 bits per heavy atom. The number of rotatable bonds is 4. The standard InChI is InChI=1S/C23H23BrN2O6/c1-3-30-21(28)19-16-12-32-17-7-6-13(24)9-15(17)20(16)26-18(27)11-25(22(29)23(19,26)2)10-14-5-4-8-31-14/h4-9,16,19-20H,3,10-12H2,1-2H3/t16?,19?,20?,23-/m1/s1. The quantitative estimate of drug-likeness (QED) is 0.597. The molecule has 1 aromatic carbocycles. The maximum atomic E-state index is 13.9. The highest BCUT2D eigenvalue weighted by Gasteiger charge is 2.69. The summed E-state index contributed by atoms with van der Waals surface area (Å²) in [6, 6.07) is 8.63. The topological polar surface area (TPSA) is 89.3 Å². The van der Waals surface area contributed by atoms with E-state index in [2.05, 4.69) is 15.9 Å². The number of carbonyl (C=O) groups is 3. The predicted octanol–water partition coefficient (Wildman–Crippen LogP) is 2.91. The van der Waals surface area contributed by atoms with Crippen molar-refractivity contribution in [2.75, 3.05) is 19.8 Å². The monoisotopic (exact) mass is 502 g/mol. The van der Waals surface area contributed by atoms with Gasteiger partial charge in [-0.1, -0.05) is 15.9 Å². The third kappa shape index (κ3) is 2.97. The highest BCUT2D eigenvalue weighted by molar-refractivity contribution is 9.10. The lowest BCUT2D eigenvalue weighted by atomic mass is 9.77. The van der Waals surface area contributed by atoms with Crippen molar-refractivity contribution in [3.63, 3.8) is 0 Å². The van der Waals surface area contributed by atoms with Crippen LogP contribution in [0.5, 0.6) is 5.75 Å². The molecule has 168 valence electrons. The second kappa shape index (κ2) is 7.65. The summed E-state index contributed by atoms with van der Waals surface area (Å²) in [4.78, 5) is 43.7. The van der Waals surface area contributed by atoms with Crippen LogP contribution in [0.1, 0.15) is 31.2 Å². The van der Waals surface area contributed by atoms with Gasteiger partial charge in [-0.05, 0) is 44.2 Å². The van der Waals surface area contributed by atoms with E-state index in [1.54, 1.807) is 30.9 Å². The Bertz CT molecular complexity index is 1090. The van der Waals surface area contributed by atoms with E-state index in [4.69, 9.17) is 13.9 Å². The van der Waals surface area contributed by atoms with E-state index in [1.165, 1.54) is 11.2 Å². The summed E-state index contributed by atoms with van der Waals surface area (Å²) in [6.45, 7) is 3.88. The molecule has 0 N–H and O–H groups in total. The van der Waals surface area contributed by atoms with Crippen LogP contribution in [0.4, 0.5) is 0 Å². The Kier molecular flexibility index (Phi) is 5.03. The minimum absolute atomic E-state index is 0.0852. The smallest absolute Gasteiger partial charge is 0.312 e. The lowest BCUT2D eigenvalue weighted by Gasteiger charge is -2.46. The lowest BCUT2D eigenvalue weighted by molar-refractivity contribution is -0.171. The molecule has 2 amide bonds. The number of amides is 2. The average molecular weight is 503 g/mol. The van der Waals surface area contributed by atoms with Crippen LogP contribution in [0, 0.1) is 11.8 Å². The van der Waals surface area contributed by atoms with Crippen molar-refractivity contribution >= 4 is 33.7 Å². The number of furan rings is 1. The third-order valence-electron chi connectivity index (χ3n) is 6.72. The zero-order valence-electron chi connectivity index (χ0n) is 17.7. The van der Waals surface area contributed by atoms with Gasteiger partial charge in [0.25, 0.3) is 0 Å². The Morgan fingerprint density at radius 1 is 1.31 bits per heavy atom. The van der Waals surface area contributed by atoms with Crippen LogP contribution >= 0.6 is 15.9 Å². The molecular weight excluding hydrogens is 480 g/mol. The number of nitrogens with zero attached hydrogens (tertiary/aromatic N) is 2. The molecule has 4 heterocycles. The molecule has 1 aromatic heterocycles.